The summed E-state index contributed by atoms with van der Waals surface area (Å²) in [6.45, 7) is 15.2. The lowest BCUT2D eigenvalue weighted by atomic mass is 9.98. The summed E-state index contributed by atoms with van der Waals surface area (Å²) in [6.07, 6.45) is 2.98. The molecule has 0 unspecified atom stereocenters. The van der Waals surface area contributed by atoms with Crippen LogP contribution in [0.4, 0.5) is 5.69 Å². The molecule has 1 N–H and O–H groups in total. The Labute approximate surface area is 341 Å². The van der Waals surface area contributed by atoms with Gasteiger partial charge in [0.15, 0.2) is 0 Å². The van der Waals surface area contributed by atoms with Gasteiger partial charge < -0.3 is 24.0 Å². The molecule has 3 aromatic carbocycles. The molecule has 12 nitrogen and oxygen atoms in total. The normalized spacial score (nSPS) is 16.2. The van der Waals surface area contributed by atoms with Crippen molar-refractivity contribution in [1.82, 2.24) is 29.0 Å². The number of benzene rings is 3. The largest absolute Gasteiger partial charge is 0.494 e. The van der Waals surface area contributed by atoms with Gasteiger partial charge in [-0.05, 0) is 94.5 Å². The Hall–Kier alpha value is -4.88. The number of rotatable bonds is 11. The number of ether oxygens (including phenoxy) is 2. The number of amides is 1. The first-order valence-electron chi connectivity index (χ1n) is 19.4. The van der Waals surface area contributed by atoms with Gasteiger partial charge in [0.2, 0.25) is 0 Å². The molecule has 0 radical (unpaired) electrons. The van der Waals surface area contributed by atoms with Gasteiger partial charge in [-0.1, -0.05) is 29.3 Å². The monoisotopic (exact) mass is 811 g/mol. The van der Waals surface area contributed by atoms with E-state index in [-0.39, 0.29) is 17.5 Å². The Morgan fingerprint density at radius 3 is 2.40 bits per heavy atom. The molecule has 8 rings (SSSR count). The van der Waals surface area contributed by atoms with Crippen molar-refractivity contribution in [2.24, 2.45) is 7.05 Å². The first-order valence-corrected chi connectivity index (χ1v) is 20.2. The predicted octanol–water partition coefficient (Wildman–Crippen LogP) is 8.20. The number of halogens is 2. The maximum Gasteiger partial charge on any atom is 0.336 e. The van der Waals surface area contributed by atoms with Crippen molar-refractivity contribution in [3.63, 3.8) is 0 Å². The fourth-order valence-corrected chi connectivity index (χ4v) is 8.98. The van der Waals surface area contributed by atoms with Crippen LogP contribution < -0.4 is 9.64 Å². The summed E-state index contributed by atoms with van der Waals surface area (Å²) in [7, 11) is 1.92. The van der Waals surface area contributed by atoms with E-state index in [4.69, 9.17) is 42.9 Å². The summed E-state index contributed by atoms with van der Waals surface area (Å²) in [4.78, 5) is 31.9. The number of hydrogen-bond acceptors (Lipinski definition) is 7. The van der Waals surface area contributed by atoms with Gasteiger partial charge in [0.05, 0.1) is 53.7 Å². The minimum Gasteiger partial charge on any atom is -0.494 e. The zero-order valence-electron chi connectivity index (χ0n) is 33.2. The highest BCUT2D eigenvalue weighted by Gasteiger charge is 2.37. The van der Waals surface area contributed by atoms with Crippen molar-refractivity contribution in [3.8, 4) is 16.9 Å². The molecule has 0 spiro atoms. The number of fused-ring (bicyclic) bond motifs is 4. The zero-order chi connectivity index (χ0) is 40.3. The lowest BCUT2D eigenvalue weighted by Gasteiger charge is -2.34. The molecule has 298 valence electrons. The Balaban J connectivity index is 1.20. The second kappa shape index (κ2) is 15.5. The van der Waals surface area contributed by atoms with E-state index in [0.29, 0.717) is 73.1 Å². The molecule has 5 heterocycles. The lowest BCUT2D eigenvalue weighted by Crippen LogP contribution is -2.42. The summed E-state index contributed by atoms with van der Waals surface area (Å²) in [5.74, 6) is -0.540. The van der Waals surface area contributed by atoms with Crippen molar-refractivity contribution < 1.29 is 24.2 Å². The Bertz CT molecular complexity index is 2540. The second-order valence-corrected chi connectivity index (χ2v) is 16.1. The Morgan fingerprint density at radius 1 is 0.982 bits per heavy atom. The van der Waals surface area contributed by atoms with Crippen LogP contribution in [0.15, 0.2) is 42.6 Å². The van der Waals surface area contributed by atoms with Crippen molar-refractivity contribution in [2.75, 3.05) is 50.9 Å². The molecule has 2 aliphatic rings. The average molecular weight is 813 g/mol. The average Bonchev–Trinajstić information content (AvgIpc) is 3.83. The Morgan fingerprint density at radius 2 is 1.72 bits per heavy atom. The second-order valence-electron chi connectivity index (χ2n) is 15.4. The molecule has 0 saturated carbocycles. The van der Waals surface area contributed by atoms with Crippen LogP contribution in [0.25, 0.3) is 32.9 Å². The number of morpholine rings is 1. The van der Waals surface area contributed by atoms with Gasteiger partial charge in [0, 0.05) is 83.8 Å². The molecular weight excluding hydrogens is 765 g/mol. The van der Waals surface area contributed by atoms with Crippen LogP contribution in [-0.4, -0.2) is 92.0 Å². The zero-order valence-corrected chi connectivity index (χ0v) is 34.7. The minimum atomic E-state index is -1.07. The van der Waals surface area contributed by atoms with Crippen LogP contribution in [0.1, 0.15) is 68.3 Å². The summed E-state index contributed by atoms with van der Waals surface area (Å²) in [5.41, 5.74) is 8.97. The molecule has 2 aliphatic heterocycles. The first kappa shape index (κ1) is 39.0. The van der Waals surface area contributed by atoms with Crippen molar-refractivity contribution in [3.05, 3.63) is 92.0 Å². The fraction of sp³-hybridized carbons (Fsp3) is 0.395. The van der Waals surface area contributed by atoms with Crippen LogP contribution in [0.5, 0.6) is 5.75 Å². The summed E-state index contributed by atoms with van der Waals surface area (Å²) < 4.78 is 17.5. The number of aromatic carboxylic acids is 1. The number of carbonyl (C=O) groups excluding carboxylic acids is 1. The number of carbonyl (C=O) groups is 2. The van der Waals surface area contributed by atoms with E-state index >= 15 is 4.79 Å². The molecule has 57 heavy (non-hydrogen) atoms. The number of hydrogen-bond donors (Lipinski definition) is 1. The number of aryl methyl sites for hydroxylation is 5. The van der Waals surface area contributed by atoms with Crippen molar-refractivity contribution in [1.29, 1.82) is 0 Å². The third kappa shape index (κ3) is 7.07. The number of nitrogens with zero attached hydrogens (tertiary/aromatic N) is 7. The fourth-order valence-electron chi connectivity index (χ4n) is 8.63. The lowest BCUT2D eigenvalue weighted by molar-refractivity contribution is 0.0360. The van der Waals surface area contributed by atoms with Crippen LogP contribution in [-0.2, 0) is 24.8 Å². The topological polar surface area (TPSA) is 120 Å². The predicted molar refractivity (Wildman–Crippen MR) is 224 cm³/mol. The van der Waals surface area contributed by atoms with E-state index in [1.54, 1.807) is 21.8 Å². The summed E-state index contributed by atoms with van der Waals surface area (Å²) in [6, 6.07) is 11.0. The van der Waals surface area contributed by atoms with Crippen LogP contribution in [0.3, 0.4) is 0 Å². The van der Waals surface area contributed by atoms with E-state index in [1.807, 2.05) is 69.8 Å². The molecule has 14 heteroatoms. The summed E-state index contributed by atoms with van der Waals surface area (Å²) >= 11 is 13.5. The van der Waals surface area contributed by atoms with Crippen LogP contribution in [0, 0.1) is 27.7 Å². The number of carboxylic acids is 1. The van der Waals surface area contributed by atoms with Gasteiger partial charge in [-0.15, -0.1) is 0 Å². The van der Waals surface area contributed by atoms with Gasteiger partial charge in [-0.2, -0.15) is 10.2 Å². The van der Waals surface area contributed by atoms with Crippen molar-refractivity contribution in [2.45, 2.75) is 60.0 Å². The molecule has 1 fully saturated rings. The molecule has 1 saturated heterocycles. The van der Waals surface area contributed by atoms with E-state index in [0.717, 1.165) is 80.5 Å². The third-order valence-corrected chi connectivity index (χ3v) is 12.4. The Kier molecular flexibility index (Phi) is 10.6. The molecule has 6 aromatic rings. The molecule has 1 amide bonds. The molecule has 0 aliphatic carbocycles. The van der Waals surface area contributed by atoms with E-state index in [2.05, 4.69) is 16.4 Å². The van der Waals surface area contributed by atoms with E-state index in [1.165, 1.54) is 0 Å². The standard InChI is InChI=1S/C43H47Cl2N7O5/c1-24-18-30(19-25(2)39(24)45)57-15-7-8-31-32-9-10-35(44)38(37-27(4)46-48(6)28(37)5)40(32)52-26(3)22-51(42(53)41(31)52)29-20-33(43(54)55)34-23-50(47-36(34)21-29)12-11-49-13-16-56-17-14-49/h9-10,18-21,23,26H,7-8,11-17,22H2,1-6H3,(H,54,55)/t26-/m1/s1. The van der Waals surface area contributed by atoms with Gasteiger partial charge in [-0.3, -0.25) is 19.1 Å². The molecule has 0 bridgehead atoms. The highest BCUT2D eigenvalue weighted by Crippen LogP contribution is 2.45. The van der Waals surface area contributed by atoms with Gasteiger partial charge in [0.1, 0.15) is 11.4 Å². The van der Waals surface area contributed by atoms with Crippen LogP contribution in [0.2, 0.25) is 10.0 Å². The maximum absolute atomic E-state index is 15.1. The molecule has 1 atom stereocenters. The number of carboxylic acid groups (broad SMARTS) is 1. The van der Waals surface area contributed by atoms with Crippen molar-refractivity contribution >= 4 is 62.6 Å². The quantitative estimate of drug-likeness (QED) is 0.130. The SMILES string of the molecule is Cc1cc(OCCCc2c3n(c4c(-c5c(C)nn(C)c5C)c(Cl)ccc24)[C@H](C)CN(c2cc(C(=O)O)c4cn(CCN5CCOCC5)nc4c2)C3=O)cc(C)c1Cl. The maximum atomic E-state index is 15.1. The molecular formula is C43H47Cl2N7O5. The van der Waals surface area contributed by atoms with Crippen LogP contribution >= 0.6 is 23.2 Å². The third-order valence-electron chi connectivity index (χ3n) is 11.5. The van der Waals surface area contributed by atoms with Gasteiger partial charge in [0.25, 0.3) is 5.91 Å². The van der Waals surface area contributed by atoms with E-state index in [9.17, 15) is 9.90 Å². The van der Waals surface area contributed by atoms with Gasteiger partial charge in [-0.25, -0.2) is 4.79 Å². The highest BCUT2D eigenvalue weighted by atomic mass is 35.5. The minimum absolute atomic E-state index is 0.105. The number of aromatic nitrogens is 5. The highest BCUT2D eigenvalue weighted by molar-refractivity contribution is 6.35. The smallest absolute Gasteiger partial charge is 0.336 e. The van der Waals surface area contributed by atoms with Gasteiger partial charge >= 0.3 is 5.97 Å². The van der Waals surface area contributed by atoms with E-state index < -0.39 is 5.97 Å². The molecule has 3 aromatic heterocycles. The number of anilines is 1. The first-order chi connectivity index (χ1) is 27.3. The summed E-state index contributed by atoms with van der Waals surface area (Å²) in [5, 5.41) is 22.7.